The first-order valence-corrected chi connectivity index (χ1v) is 13.0. The topological polar surface area (TPSA) is 69.7 Å². The van der Waals surface area contributed by atoms with E-state index in [1.54, 1.807) is 12.1 Å². The van der Waals surface area contributed by atoms with Crippen molar-refractivity contribution in [2.24, 2.45) is 5.92 Å². The molecule has 0 aliphatic carbocycles. The average molecular weight is 456 g/mol. The van der Waals surface area contributed by atoms with E-state index in [1.807, 2.05) is 6.92 Å². The molecule has 2 saturated heterocycles. The molecule has 2 aromatic rings. The standard InChI is InChI=1S/C25H33N3O3S/c1-19-6-5-15-27(18-19)23-11-7-21(8-12-23)20(2)26-25(29)22-9-13-24(14-10-22)32(30,31)28-16-3-4-17-28/h7-14,19-20H,3-6,15-18H2,1-2H3,(H,26,29)/t19-,20-/m1/s1. The Morgan fingerprint density at radius 2 is 1.62 bits per heavy atom. The van der Waals surface area contributed by atoms with E-state index in [9.17, 15) is 13.2 Å². The van der Waals surface area contributed by atoms with Crippen LogP contribution >= 0.6 is 0 Å². The maximum atomic E-state index is 12.7. The quantitative estimate of drug-likeness (QED) is 0.709. The molecule has 7 heteroatoms. The number of anilines is 1. The summed E-state index contributed by atoms with van der Waals surface area (Å²) in [5, 5.41) is 3.02. The van der Waals surface area contributed by atoms with Gasteiger partial charge in [-0.2, -0.15) is 4.31 Å². The first-order valence-electron chi connectivity index (χ1n) is 11.6. The third-order valence-corrected chi connectivity index (χ3v) is 8.50. The number of nitrogens with zero attached hydrogens (tertiary/aromatic N) is 2. The van der Waals surface area contributed by atoms with Gasteiger partial charge in [0.2, 0.25) is 10.0 Å². The molecule has 2 fully saturated rings. The van der Waals surface area contributed by atoms with Crippen LogP contribution in [0.15, 0.2) is 53.4 Å². The fourth-order valence-electron chi connectivity index (χ4n) is 4.62. The SMILES string of the molecule is C[C@@H]1CCCN(c2ccc([C@@H](C)NC(=O)c3ccc(S(=O)(=O)N4CCCC4)cc3)cc2)C1. The Labute approximate surface area is 191 Å². The van der Waals surface area contributed by atoms with Gasteiger partial charge in [0, 0.05) is 37.4 Å². The van der Waals surface area contributed by atoms with Gasteiger partial charge in [-0.05, 0) is 80.5 Å². The van der Waals surface area contributed by atoms with Crippen LogP contribution in [0.3, 0.4) is 0 Å². The monoisotopic (exact) mass is 455 g/mol. The Balaban J connectivity index is 1.38. The van der Waals surface area contributed by atoms with E-state index in [-0.39, 0.29) is 16.8 Å². The van der Waals surface area contributed by atoms with E-state index in [2.05, 4.69) is 41.4 Å². The molecule has 2 heterocycles. The van der Waals surface area contributed by atoms with Crippen molar-refractivity contribution in [1.29, 1.82) is 0 Å². The number of rotatable bonds is 6. The fourth-order valence-corrected chi connectivity index (χ4v) is 6.13. The van der Waals surface area contributed by atoms with Crippen molar-refractivity contribution in [3.8, 4) is 0 Å². The minimum atomic E-state index is -3.47. The molecule has 2 aliphatic heterocycles. The first kappa shape index (κ1) is 22.8. The molecule has 6 nitrogen and oxygen atoms in total. The molecule has 0 unspecified atom stereocenters. The summed E-state index contributed by atoms with van der Waals surface area (Å²) >= 11 is 0. The summed E-state index contributed by atoms with van der Waals surface area (Å²) in [5.41, 5.74) is 2.73. The summed E-state index contributed by atoms with van der Waals surface area (Å²) in [7, 11) is -3.47. The Hall–Kier alpha value is -2.38. The first-order chi connectivity index (χ1) is 15.3. The molecule has 2 aliphatic rings. The lowest BCUT2D eigenvalue weighted by Crippen LogP contribution is -2.34. The number of piperidine rings is 1. The molecule has 0 radical (unpaired) electrons. The summed E-state index contributed by atoms with van der Waals surface area (Å²) < 4.78 is 26.8. The molecule has 0 aromatic heterocycles. The maximum absolute atomic E-state index is 12.7. The van der Waals surface area contributed by atoms with E-state index in [4.69, 9.17) is 0 Å². The molecule has 0 saturated carbocycles. The molecular weight excluding hydrogens is 422 g/mol. The van der Waals surface area contributed by atoms with Crippen molar-refractivity contribution in [2.75, 3.05) is 31.1 Å². The third-order valence-electron chi connectivity index (χ3n) is 6.58. The predicted molar refractivity (Wildman–Crippen MR) is 127 cm³/mol. The van der Waals surface area contributed by atoms with E-state index in [1.165, 1.54) is 35.0 Å². The lowest BCUT2D eigenvalue weighted by Gasteiger charge is -2.33. The highest BCUT2D eigenvalue weighted by Gasteiger charge is 2.27. The Kier molecular flexibility index (Phi) is 6.86. The van der Waals surface area contributed by atoms with Crippen LogP contribution in [0, 0.1) is 5.92 Å². The van der Waals surface area contributed by atoms with E-state index < -0.39 is 10.0 Å². The molecule has 1 amide bonds. The molecule has 2 aromatic carbocycles. The number of carbonyl (C=O) groups is 1. The predicted octanol–water partition coefficient (Wildman–Crippen LogP) is 4.20. The third kappa shape index (κ3) is 4.99. The van der Waals surface area contributed by atoms with Crippen LogP contribution in [0.4, 0.5) is 5.69 Å². The summed E-state index contributed by atoms with van der Waals surface area (Å²) in [6.07, 6.45) is 4.32. The van der Waals surface area contributed by atoms with Crippen LogP contribution in [0.1, 0.15) is 61.5 Å². The number of hydrogen-bond donors (Lipinski definition) is 1. The van der Waals surface area contributed by atoms with Gasteiger partial charge in [-0.1, -0.05) is 19.1 Å². The van der Waals surface area contributed by atoms with Gasteiger partial charge in [0.1, 0.15) is 0 Å². The van der Waals surface area contributed by atoms with E-state index in [0.29, 0.717) is 18.7 Å². The van der Waals surface area contributed by atoms with Gasteiger partial charge >= 0.3 is 0 Å². The highest BCUT2D eigenvalue weighted by atomic mass is 32.2. The van der Waals surface area contributed by atoms with Crippen LogP contribution in [-0.4, -0.2) is 44.8 Å². The largest absolute Gasteiger partial charge is 0.371 e. The number of sulfonamides is 1. The van der Waals surface area contributed by atoms with Gasteiger partial charge in [-0.3, -0.25) is 4.79 Å². The fraction of sp³-hybridized carbons (Fsp3) is 0.480. The van der Waals surface area contributed by atoms with Crippen molar-refractivity contribution in [1.82, 2.24) is 9.62 Å². The average Bonchev–Trinajstić information content (AvgIpc) is 3.35. The minimum absolute atomic E-state index is 0.148. The second-order valence-corrected chi connectivity index (χ2v) is 11.1. The molecule has 32 heavy (non-hydrogen) atoms. The molecule has 4 rings (SSSR count). The molecule has 2 atom stereocenters. The van der Waals surface area contributed by atoms with Crippen LogP contribution < -0.4 is 10.2 Å². The number of benzene rings is 2. The van der Waals surface area contributed by atoms with Crippen molar-refractivity contribution >= 4 is 21.6 Å². The maximum Gasteiger partial charge on any atom is 0.251 e. The van der Waals surface area contributed by atoms with Gasteiger partial charge in [0.05, 0.1) is 10.9 Å². The van der Waals surface area contributed by atoms with E-state index >= 15 is 0 Å². The van der Waals surface area contributed by atoms with Gasteiger partial charge in [0.15, 0.2) is 0 Å². The lowest BCUT2D eigenvalue weighted by molar-refractivity contribution is 0.0939. The molecular formula is C25H33N3O3S. The molecule has 172 valence electrons. The zero-order valence-electron chi connectivity index (χ0n) is 19.0. The summed E-state index contributed by atoms with van der Waals surface area (Å²) in [4.78, 5) is 15.4. The Morgan fingerprint density at radius 1 is 0.969 bits per heavy atom. The molecule has 0 spiro atoms. The Bertz CT molecular complexity index is 1030. The molecule has 1 N–H and O–H groups in total. The number of carbonyl (C=O) groups excluding carboxylic acids is 1. The van der Waals surface area contributed by atoms with Crippen molar-refractivity contribution in [2.45, 2.75) is 50.5 Å². The van der Waals surface area contributed by atoms with Crippen LogP contribution in [0.25, 0.3) is 0 Å². The number of hydrogen-bond acceptors (Lipinski definition) is 4. The molecule has 0 bridgehead atoms. The number of nitrogens with one attached hydrogen (secondary N) is 1. The van der Waals surface area contributed by atoms with Crippen molar-refractivity contribution in [3.63, 3.8) is 0 Å². The summed E-state index contributed by atoms with van der Waals surface area (Å²) in [5.74, 6) is 0.509. The highest BCUT2D eigenvalue weighted by molar-refractivity contribution is 7.89. The Morgan fingerprint density at radius 3 is 2.25 bits per heavy atom. The van der Waals surface area contributed by atoms with Gasteiger partial charge < -0.3 is 10.2 Å². The van der Waals surface area contributed by atoms with Gasteiger partial charge in [-0.15, -0.1) is 0 Å². The zero-order chi connectivity index (χ0) is 22.7. The summed E-state index contributed by atoms with van der Waals surface area (Å²) in [6, 6.07) is 14.5. The van der Waals surface area contributed by atoms with Gasteiger partial charge in [-0.25, -0.2) is 8.42 Å². The summed E-state index contributed by atoms with van der Waals surface area (Å²) in [6.45, 7) is 7.58. The van der Waals surface area contributed by atoms with E-state index in [0.717, 1.165) is 37.4 Å². The second-order valence-electron chi connectivity index (χ2n) is 9.12. The second kappa shape index (κ2) is 9.63. The van der Waals surface area contributed by atoms with Crippen molar-refractivity contribution in [3.05, 3.63) is 59.7 Å². The minimum Gasteiger partial charge on any atom is -0.371 e. The van der Waals surface area contributed by atoms with Crippen LogP contribution in [0.2, 0.25) is 0 Å². The zero-order valence-corrected chi connectivity index (χ0v) is 19.8. The van der Waals surface area contributed by atoms with Crippen molar-refractivity contribution < 1.29 is 13.2 Å². The smallest absolute Gasteiger partial charge is 0.251 e. The lowest BCUT2D eigenvalue weighted by atomic mass is 9.99. The highest BCUT2D eigenvalue weighted by Crippen LogP contribution is 2.25. The van der Waals surface area contributed by atoms with Gasteiger partial charge in [0.25, 0.3) is 5.91 Å². The van der Waals surface area contributed by atoms with Crippen LogP contribution in [0.5, 0.6) is 0 Å². The normalized spacial score (nSPS) is 20.8. The number of amides is 1. The van der Waals surface area contributed by atoms with Crippen LogP contribution in [-0.2, 0) is 10.0 Å².